The van der Waals surface area contributed by atoms with Crippen molar-refractivity contribution in [1.82, 2.24) is 5.32 Å². The molecule has 6 nitrogen and oxygen atoms in total. The number of halogens is 1. The van der Waals surface area contributed by atoms with Crippen LogP contribution in [0.5, 0.6) is 0 Å². The second-order valence-corrected chi connectivity index (χ2v) is 9.69. The molecule has 0 atom stereocenters. The van der Waals surface area contributed by atoms with Gasteiger partial charge < -0.3 is 9.73 Å². The van der Waals surface area contributed by atoms with E-state index in [-0.39, 0.29) is 11.4 Å². The number of furan rings is 1. The van der Waals surface area contributed by atoms with E-state index < -0.39 is 15.9 Å². The third-order valence-corrected chi connectivity index (χ3v) is 7.11. The number of nitrogens with zero attached hydrogens (tertiary/aromatic N) is 1. The van der Waals surface area contributed by atoms with Crippen molar-refractivity contribution in [3.8, 4) is 0 Å². The second kappa shape index (κ2) is 10.6. The van der Waals surface area contributed by atoms with Crippen molar-refractivity contribution in [2.45, 2.75) is 10.6 Å². The van der Waals surface area contributed by atoms with Gasteiger partial charge in [-0.2, -0.15) is 11.8 Å². The Labute approximate surface area is 185 Å². The van der Waals surface area contributed by atoms with Crippen LogP contribution in [0, 0.1) is 0 Å². The van der Waals surface area contributed by atoms with E-state index in [1.165, 1.54) is 18.2 Å². The van der Waals surface area contributed by atoms with E-state index in [2.05, 4.69) is 5.32 Å². The molecule has 1 N–H and O–H groups in total. The van der Waals surface area contributed by atoms with Gasteiger partial charge in [-0.3, -0.25) is 9.10 Å². The van der Waals surface area contributed by atoms with Crippen LogP contribution in [0.2, 0.25) is 5.02 Å². The summed E-state index contributed by atoms with van der Waals surface area (Å²) in [7, 11) is -3.93. The molecule has 1 aromatic heterocycles. The molecule has 30 heavy (non-hydrogen) atoms. The SMILES string of the molecule is O=C(CN(c1cccc(Cl)c1)S(=O)(=O)c1ccccc1)NCCSCc1ccco1. The highest BCUT2D eigenvalue weighted by Gasteiger charge is 2.27. The Morgan fingerprint density at radius 1 is 1.07 bits per heavy atom. The lowest BCUT2D eigenvalue weighted by Gasteiger charge is -2.24. The Balaban J connectivity index is 1.66. The maximum absolute atomic E-state index is 13.2. The summed E-state index contributed by atoms with van der Waals surface area (Å²) in [6.45, 7) is 0.0688. The molecule has 0 aliphatic rings. The van der Waals surface area contributed by atoms with Crippen LogP contribution in [0.15, 0.2) is 82.3 Å². The van der Waals surface area contributed by atoms with Crippen LogP contribution in [-0.2, 0) is 20.6 Å². The zero-order valence-corrected chi connectivity index (χ0v) is 18.4. The Morgan fingerprint density at radius 3 is 2.57 bits per heavy atom. The van der Waals surface area contributed by atoms with E-state index in [0.29, 0.717) is 28.8 Å². The van der Waals surface area contributed by atoms with E-state index in [1.54, 1.807) is 54.4 Å². The molecular formula is C21H21ClN2O4S2. The van der Waals surface area contributed by atoms with E-state index in [9.17, 15) is 13.2 Å². The van der Waals surface area contributed by atoms with Crippen molar-refractivity contribution in [1.29, 1.82) is 0 Å². The second-order valence-electron chi connectivity index (χ2n) is 6.29. The first-order valence-corrected chi connectivity index (χ1v) is 12.1. The molecule has 9 heteroatoms. The summed E-state index contributed by atoms with van der Waals surface area (Å²) in [5.41, 5.74) is 0.327. The molecule has 0 saturated heterocycles. The summed E-state index contributed by atoms with van der Waals surface area (Å²) >= 11 is 7.66. The molecule has 158 valence electrons. The molecule has 1 amide bonds. The summed E-state index contributed by atoms with van der Waals surface area (Å²) in [6.07, 6.45) is 1.62. The first kappa shape index (κ1) is 22.3. The zero-order chi connectivity index (χ0) is 21.4. The van der Waals surface area contributed by atoms with Gasteiger partial charge in [0.1, 0.15) is 12.3 Å². The molecule has 0 fully saturated rings. The third-order valence-electron chi connectivity index (χ3n) is 4.11. The van der Waals surface area contributed by atoms with Crippen molar-refractivity contribution in [2.75, 3.05) is 23.1 Å². The zero-order valence-electron chi connectivity index (χ0n) is 16.0. The molecule has 0 aliphatic carbocycles. The van der Waals surface area contributed by atoms with E-state index in [4.69, 9.17) is 16.0 Å². The highest BCUT2D eigenvalue weighted by atomic mass is 35.5. The van der Waals surface area contributed by atoms with Crippen LogP contribution in [0.25, 0.3) is 0 Å². The number of anilines is 1. The Morgan fingerprint density at radius 2 is 1.87 bits per heavy atom. The molecule has 0 saturated carbocycles. The summed E-state index contributed by atoms with van der Waals surface area (Å²) < 4.78 is 32.7. The largest absolute Gasteiger partial charge is 0.468 e. The maximum atomic E-state index is 13.2. The lowest BCUT2D eigenvalue weighted by Crippen LogP contribution is -2.41. The van der Waals surface area contributed by atoms with Gasteiger partial charge in [0.2, 0.25) is 5.91 Å². The van der Waals surface area contributed by atoms with E-state index in [1.807, 2.05) is 12.1 Å². The molecule has 0 radical (unpaired) electrons. The first-order valence-electron chi connectivity index (χ1n) is 9.17. The van der Waals surface area contributed by atoms with Crippen LogP contribution < -0.4 is 9.62 Å². The Bertz CT molecular complexity index is 1060. The highest BCUT2D eigenvalue weighted by molar-refractivity contribution is 7.98. The van der Waals surface area contributed by atoms with Crippen molar-refractivity contribution in [2.24, 2.45) is 0 Å². The smallest absolute Gasteiger partial charge is 0.264 e. The van der Waals surface area contributed by atoms with Crippen LogP contribution in [-0.4, -0.2) is 33.2 Å². The Hall–Kier alpha value is -2.42. The Kier molecular flexibility index (Phi) is 7.84. The number of rotatable bonds is 10. The van der Waals surface area contributed by atoms with Gasteiger partial charge in [-0.25, -0.2) is 8.42 Å². The minimum Gasteiger partial charge on any atom is -0.468 e. The normalized spacial score (nSPS) is 11.2. The standard InChI is InChI=1S/C21H21ClN2O4S2/c22-17-6-4-7-18(14-17)24(30(26,27)20-9-2-1-3-10-20)15-21(25)23-11-13-29-16-19-8-5-12-28-19/h1-10,12,14H,11,13,15-16H2,(H,23,25). The fourth-order valence-corrected chi connectivity index (χ4v) is 5.06. The fraction of sp³-hybridized carbons (Fsp3) is 0.190. The molecule has 2 aromatic carbocycles. The number of benzene rings is 2. The van der Waals surface area contributed by atoms with Crippen LogP contribution in [0.4, 0.5) is 5.69 Å². The molecule has 0 unspecified atom stereocenters. The van der Waals surface area contributed by atoms with Gasteiger partial charge in [0.05, 0.1) is 22.6 Å². The number of hydrogen-bond acceptors (Lipinski definition) is 5. The minimum absolute atomic E-state index is 0.103. The average molecular weight is 465 g/mol. The number of thioether (sulfide) groups is 1. The predicted octanol–water partition coefficient (Wildman–Crippen LogP) is 4.18. The lowest BCUT2D eigenvalue weighted by atomic mass is 10.3. The predicted molar refractivity (Wildman–Crippen MR) is 120 cm³/mol. The van der Waals surface area contributed by atoms with Gasteiger partial charge in [0.25, 0.3) is 10.0 Å². The van der Waals surface area contributed by atoms with Crippen molar-refractivity contribution in [3.63, 3.8) is 0 Å². The van der Waals surface area contributed by atoms with Gasteiger partial charge in [0.15, 0.2) is 0 Å². The molecule has 0 spiro atoms. The van der Waals surface area contributed by atoms with E-state index >= 15 is 0 Å². The molecule has 0 aliphatic heterocycles. The van der Waals surface area contributed by atoms with Gasteiger partial charge >= 0.3 is 0 Å². The van der Waals surface area contributed by atoms with E-state index in [0.717, 1.165) is 10.1 Å². The summed E-state index contributed by atoms with van der Waals surface area (Å²) in [4.78, 5) is 12.6. The molecule has 3 aromatic rings. The number of carbonyl (C=O) groups is 1. The number of carbonyl (C=O) groups excluding carboxylic acids is 1. The fourth-order valence-electron chi connectivity index (χ4n) is 2.68. The minimum atomic E-state index is -3.93. The maximum Gasteiger partial charge on any atom is 0.264 e. The summed E-state index contributed by atoms with van der Waals surface area (Å²) in [6, 6.07) is 18.1. The highest BCUT2D eigenvalue weighted by Crippen LogP contribution is 2.25. The number of hydrogen-bond donors (Lipinski definition) is 1. The first-order chi connectivity index (χ1) is 14.5. The van der Waals surface area contributed by atoms with Gasteiger partial charge in [-0.05, 0) is 42.5 Å². The van der Waals surface area contributed by atoms with Crippen LogP contribution in [0.1, 0.15) is 5.76 Å². The van der Waals surface area contributed by atoms with Crippen LogP contribution >= 0.6 is 23.4 Å². The van der Waals surface area contributed by atoms with Crippen molar-refractivity contribution < 1.29 is 17.6 Å². The number of nitrogens with one attached hydrogen (secondary N) is 1. The summed E-state index contributed by atoms with van der Waals surface area (Å²) in [5.74, 6) is 1.86. The van der Waals surface area contributed by atoms with Gasteiger partial charge in [-0.1, -0.05) is 35.9 Å². The van der Waals surface area contributed by atoms with Crippen molar-refractivity contribution in [3.05, 3.63) is 83.8 Å². The van der Waals surface area contributed by atoms with Crippen LogP contribution in [0.3, 0.4) is 0 Å². The quantitative estimate of drug-likeness (QED) is 0.455. The number of sulfonamides is 1. The average Bonchev–Trinajstić information content (AvgIpc) is 3.26. The van der Waals surface area contributed by atoms with Gasteiger partial charge in [0, 0.05) is 17.3 Å². The topological polar surface area (TPSA) is 79.6 Å². The molecular weight excluding hydrogens is 444 g/mol. The molecule has 0 bridgehead atoms. The van der Waals surface area contributed by atoms with Crippen molar-refractivity contribution >= 4 is 45.0 Å². The summed E-state index contributed by atoms with van der Waals surface area (Å²) in [5, 5.41) is 3.16. The number of amides is 1. The molecule has 1 heterocycles. The van der Waals surface area contributed by atoms with Gasteiger partial charge in [-0.15, -0.1) is 0 Å². The lowest BCUT2D eigenvalue weighted by molar-refractivity contribution is -0.119. The molecule has 3 rings (SSSR count). The third kappa shape index (κ3) is 6.04. The monoisotopic (exact) mass is 464 g/mol.